The van der Waals surface area contributed by atoms with E-state index in [0.717, 1.165) is 18.4 Å². The summed E-state index contributed by atoms with van der Waals surface area (Å²) < 4.78 is 0. The fourth-order valence-electron chi connectivity index (χ4n) is 1.51. The van der Waals surface area contributed by atoms with Crippen LogP contribution in [0.4, 0.5) is 5.69 Å². The third kappa shape index (κ3) is 1.23. The number of non-ortho nitro benzene ring substituents is 1. The van der Waals surface area contributed by atoms with Crippen LogP contribution in [0.1, 0.15) is 18.4 Å². The van der Waals surface area contributed by atoms with Gasteiger partial charge >= 0.3 is 0 Å². The van der Waals surface area contributed by atoms with E-state index in [1.165, 1.54) is 12.1 Å². The van der Waals surface area contributed by atoms with Crippen molar-refractivity contribution in [1.29, 1.82) is 5.26 Å². The van der Waals surface area contributed by atoms with Crippen LogP contribution in [-0.2, 0) is 5.41 Å². The zero-order valence-corrected chi connectivity index (χ0v) is 7.43. The predicted molar refractivity (Wildman–Crippen MR) is 49.6 cm³/mol. The molecule has 70 valence electrons. The van der Waals surface area contributed by atoms with Crippen LogP contribution in [0.15, 0.2) is 24.3 Å². The predicted octanol–water partition coefficient (Wildman–Crippen LogP) is 2.15. The highest BCUT2D eigenvalue weighted by atomic mass is 16.6. The van der Waals surface area contributed by atoms with Crippen molar-refractivity contribution in [2.75, 3.05) is 0 Å². The van der Waals surface area contributed by atoms with E-state index in [0.29, 0.717) is 0 Å². The molecule has 0 N–H and O–H groups in total. The molecule has 0 unspecified atom stereocenters. The number of nitriles is 1. The fraction of sp³-hybridized carbons (Fsp3) is 0.300. The summed E-state index contributed by atoms with van der Waals surface area (Å²) in [4.78, 5) is 10.1. The summed E-state index contributed by atoms with van der Waals surface area (Å²) in [6.45, 7) is 0. The Balaban J connectivity index is 2.42. The highest BCUT2D eigenvalue weighted by Crippen LogP contribution is 2.47. The number of nitrogens with zero attached hydrogens (tertiary/aromatic N) is 2. The summed E-state index contributed by atoms with van der Waals surface area (Å²) in [6, 6.07) is 8.56. The highest BCUT2D eigenvalue weighted by molar-refractivity contribution is 5.45. The van der Waals surface area contributed by atoms with E-state index >= 15 is 0 Å². The lowest BCUT2D eigenvalue weighted by molar-refractivity contribution is -0.384. The van der Waals surface area contributed by atoms with E-state index < -0.39 is 10.3 Å². The van der Waals surface area contributed by atoms with Gasteiger partial charge in [0, 0.05) is 12.1 Å². The number of nitro groups is 1. The van der Waals surface area contributed by atoms with Crippen molar-refractivity contribution in [3.63, 3.8) is 0 Å². The van der Waals surface area contributed by atoms with Gasteiger partial charge in [0.15, 0.2) is 0 Å². The smallest absolute Gasteiger partial charge is 0.258 e. The van der Waals surface area contributed by atoms with Gasteiger partial charge in [-0.2, -0.15) is 5.26 Å². The summed E-state index contributed by atoms with van der Waals surface area (Å²) in [5.41, 5.74) is 0.393. The van der Waals surface area contributed by atoms with Gasteiger partial charge in [0.05, 0.1) is 16.4 Å². The van der Waals surface area contributed by atoms with Gasteiger partial charge in [0.2, 0.25) is 0 Å². The van der Waals surface area contributed by atoms with Gasteiger partial charge in [-0.3, -0.25) is 10.1 Å². The van der Waals surface area contributed by atoms with Crippen LogP contribution in [0.5, 0.6) is 0 Å². The molecule has 4 nitrogen and oxygen atoms in total. The summed E-state index contributed by atoms with van der Waals surface area (Å²) >= 11 is 0. The van der Waals surface area contributed by atoms with Crippen LogP contribution in [0.3, 0.4) is 0 Å². The van der Waals surface area contributed by atoms with Crippen LogP contribution in [0.25, 0.3) is 0 Å². The lowest BCUT2D eigenvalue weighted by Gasteiger charge is -2.04. The third-order valence-corrected chi connectivity index (χ3v) is 2.57. The number of benzene rings is 1. The van der Waals surface area contributed by atoms with Crippen LogP contribution in [-0.4, -0.2) is 4.92 Å². The largest absolute Gasteiger partial charge is 0.269 e. The Hall–Kier alpha value is -1.89. The van der Waals surface area contributed by atoms with Gasteiger partial charge < -0.3 is 0 Å². The Morgan fingerprint density at radius 3 is 2.71 bits per heavy atom. The summed E-state index contributed by atoms with van der Waals surface area (Å²) in [5.74, 6) is 0. The molecule has 14 heavy (non-hydrogen) atoms. The molecule has 1 aliphatic rings. The Morgan fingerprint density at radius 2 is 2.21 bits per heavy atom. The number of hydrogen-bond donors (Lipinski definition) is 0. The van der Waals surface area contributed by atoms with E-state index in [2.05, 4.69) is 6.07 Å². The van der Waals surface area contributed by atoms with Gasteiger partial charge in [-0.15, -0.1) is 0 Å². The second-order valence-corrected chi connectivity index (χ2v) is 3.50. The lowest BCUT2D eigenvalue weighted by Crippen LogP contribution is -2.02. The van der Waals surface area contributed by atoms with E-state index in [1.807, 2.05) is 0 Å². The molecular weight excluding hydrogens is 180 g/mol. The lowest BCUT2D eigenvalue weighted by atomic mass is 9.97. The maximum atomic E-state index is 10.5. The van der Waals surface area contributed by atoms with Crippen molar-refractivity contribution < 1.29 is 4.92 Å². The van der Waals surface area contributed by atoms with Crippen molar-refractivity contribution >= 4 is 5.69 Å². The van der Waals surface area contributed by atoms with Crippen molar-refractivity contribution in [2.45, 2.75) is 18.3 Å². The Bertz CT molecular complexity index is 430. The van der Waals surface area contributed by atoms with Gasteiger partial charge in [-0.05, 0) is 18.4 Å². The quantitative estimate of drug-likeness (QED) is 0.527. The molecule has 0 aromatic heterocycles. The molecule has 1 aliphatic carbocycles. The van der Waals surface area contributed by atoms with E-state index in [9.17, 15) is 10.1 Å². The van der Waals surface area contributed by atoms with Crippen LogP contribution < -0.4 is 0 Å². The van der Waals surface area contributed by atoms with Crippen LogP contribution >= 0.6 is 0 Å². The molecule has 0 heterocycles. The number of nitro benzene ring substituents is 1. The van der Waals surface area contributed by atoms with Crippen LogP contribution in [0, 0.1) is 21.4 Å². The standard InChI is InChI=1S/C10H8N2O2/c11-7-10(4-5-10)8-2-1-3-9(6-8)12(13)14/h1-3,6H,4-5H2. The normalized spacial score (nSPS) is 17.1. The Morgan fingerprint density at radius 1 is 1.50 bits per heavy atom. The SMILES string of the molecule is N#CC1(c2cccc([N+](=O)[O-])c2)CC1. The first kappa shape index (κ1) is 8.70. The third-order valence-electron chi connectivity index (χ3n) is 2.57. The summed E-state index contributed by atoms with van der Waals surface area (Å²) in [6.07, 6.45) is 1.62. The van der Waals surface area contributed by atoms with E-state index in [-0.39, 0.29) is 5.69 Å². The average molecular weight is 188 g/mol. The van der Waals surface area contributed by atoms with Crippen molar-refractivity contribution in [1.82, 2.24) is 0 Å². The minimum absolute atomic E-state index is 0.0593. The van der Waals surface area contributed by atoms with Crippen molar-refractivity contribution in [3.05, 3.63) is 39.9 Å². The molecule has 0 spiro atoms. The van der Waals surface area contributed by atoms with Gasteiger partial charge in [-0.25, -0.2) is 0 Å². The first-order chi connectivity index (χ1) is 6.68. The first-order valence-electron chi connectivity index (χ1n) is 4.34. The molecule has 0 atom stereocenters. The maximum absolute atomic E-state index is 10.5. The van der Waals surface area contributed by atoms with Gasteiger partial charge in [0.1, 0.15) is 0 Å². The van der Waals surface area contributed by atoms with Gasteiger partial charge in [0.25, 0.3) is 5.69 Å². The molecule has 1 fully saturated rings. The number of rotatable bonds is 2. The Labute approximate surface area is 80.9 Å². The Kier molecular flexibility index (Phi) is 1.74. The zero-order valence-electron chi connectivity index (χ0n) is 7.43. The van der Waals surface area contributed by atoms with E-state index in [4.69, 9.17) is 5.26 Å². The molecule has 0 aliphatic heterocycles. The maximum Gasteiger partial charge on any atom is 0.269 e. The minimum Gasteiger partial charge on any atom is -0.258 e. The molecule has 0 radical (unpaired) electrons. The monoisotopic (exact) mass is 188 g/mol. The highest BCUT2D eigenvalue weighted by Gasteiger charge is 2.45. The molecule has 1 aromatic rings. The van der Waals surface area contributed by atoms with Crippen molar-refractivity contribution in [3.8, 4) is 6.07 Å². The molecule has 0 amide bonds. The fourth-order valence-corrected chi connectivity index (χ4v) is 1.51. The van der Waals surface area contributed by atoms with Crippen LogP contribution in [0.2, 0.25) is 0 Å². The second kappa shape index (κ2) is 2.81. The molecule has 0 bridgehead atoms. The molecule has 1 saturated carbocycles. The minimum atomic E-state index is -0.438. The molecule has 2 rings (SSSR count). The topological polar surface area (TPSA) is 66.9 Å². The molecule has 1 aromatic carbocycles. The summed E-state index contributed by atoms with van der Waals surface area (Å²) in [7, 11) is 0. The number of hydrogen-bond acceptors (Lipinski definition) is 3. The average Bonchev–Trinajstić information content (AvgIpc) is 2.98. The second-order valence-electron chi connectivity index (χ2n) is 3.50. The molecule has 0 saturated heterocycles. The molecular formula is C10H8N2O2. The summed E-state index contributed by atoms with van der Waals surface area (Å²) in [5, 5.41) is 19.4. The van der Waals surface area contributed by atoms with Crippen molar-refractivity contribution in [2.24, 2.45) is 0 Å². The first-order valence-corrected chi connectivity index (χ1v) is 4.34. The van der Waals surface area contributed by atoms with Gasteiger partial charge in [-0.1, -0.05) is 12.1 Å². The van der Waals surface area contributed by atoms with E-state index in [1.54, 1.807) is 12.1 Å². The zero-order chi connectivity index (χ0) is 10.2. The molecule has 4 heteroatoms.